The first-order valence-electron chi connectivity index (χ1n) is 9.83. The average molecular weight is 520 g/mol. The third kappa shape index (κ3) is 7.33. The fourth-order valence-corrected chi connectivity index (χ4v) is 2.81. The predicted octanol–water partition coefficient (Wildman–Crippen LogP) is 3.72. The van der Waals surface area contributed by atoms with E-state index in [1.807, 2.05) is 49.4 Å². The van der Waals surface area contributed by atoms with E-state index in [0.717, 1.165) is 29.5 Å². The number of nitrogens with zero attached hydrogens (tertiary/aromatic N) is 4. The highest BCUT2D eigenvalue weighted by atomic mass is 127. The van der Waals surface area contributed by atoms with Gasteiger partial charge in [-0.3, -0.25) is 0 Å². The van der Waals surface area contributed by atoms with Crippen LogP contribution in [-0.2, 0) is 6.54 Å². The molecule has 0 aliphatic carbocycles. The van der Waals surface area contributed by atoms with Gasteiger partial charge in [-0.2, -0.15) is 5.10 Å². The second-order valence-electron chi connectivity index (χ2n) is 6.83. The van der Waals surface area contributed by atoms with Gasteiger partial charge in [0, 0.05) is 6.54 Å². The van der Waals surface area contributed by atoms with Crippen molar-refractivity contribution in [1.29, 1.82) is 0 Å². The summed E-state index contributed by atoms with van der Waals surface area (Å²) in [5.41, 5.74) is 3.28. The summed E-state index contributed by atoms with van der Waals surface area (Å²) in [5, 5.41) is 10.8. The van der Waals surface area contributed by atoms with E-state index in [9.17, 15) is 0 Å². The molecule has 1 atom stereocenters. The van der Waals surface area contributed by atoms with E-state index >= 15 is 0 Å². The van der Waals surface area contributed by atoms with Crippen molar-refractivity contribution in [2.75, 3.05) is 13.1 Å². The van der Waals surface area contributed by atoms with Crippen LogP contribution in [0.2, 0.25) is 0 Å². The highest BCUT2D eigenvalue weighted by Gasteiger charge is 2.06. The Bertz CT molecular complexity index is 912. The second kappa shape index (κ2) is 12.2. The Kier molecular flexibility index (Phi) is 9.59. The van der Waals surface area contributed by atoms with E-state index in [-0.39, 0.29) is 30.1 Å². The fraction of sp³-hybridized carbons (Fsp3) is 0.318. The number of aliphatic imine (C=N–C) groups is 1. The molecule has 30 heavy (non-hydrogen) atoms. The van der Waals surface area contributed by atoms with Gasteiger partial charge in [-0.05, 0) is 56.2 Å². The minimum atomic E-state index is 0. The third-order valence-electron chi connectivity index (χ3n) is 4.27. The van der Waals surface area contributed by atoms with E-state index in [0.29, 0.717) is 13.1 Å². The number of rotatable bonds is 8. The van der Waals surface area contributed by atoms with Gasteiger partial charge < -0.3 is 15.4 Å². The lowest BCUT2D eigenvalue weighted by molar-refractivity contribution is 0.223. The lowest BCUT2D eigenvalue weighted by atomic mass is 10.2. The SMILES string of the molecule is CCNC(=NCc1ccc(-n2cncn2)cc1)NCC(C)Oc1cccc(C)c1.I. The Labute approximate surface area is 195 Å². The Morgan fingerprint density at radius 1 is 1.17 bits per heavy atom. The van der Waals surface area contributed by atoms with Crippen molar-refractivity contribution < 1.29 is 4.74 Å². The monoisotopic (exact) mass is 520 g/mol. The van der Waals surface area contributed by atoms with E-state index in [4.69, 9.17) is 4.74 Å². The molecule has 1 heterocycles. The van der Waals surface area contributed by atoms with E-state index < -0.39 is 0 Å². The van der Waals surface area contributed by atoms with Gasteiger partial charge in [0.05, 0.1) is 18.8 Å². The summed E-state index contributed by atoms with van der Waals surface area (Å²) in [5.74, 6) is 1.65. The van der Waals surface area contributed by atoms with Gasteiger partial charge >= 0.3 is 0 Å². The first-order chi connectivity index (χ1) is 14.1. The first kappa shape index (κ1) is 23.7. The summed E-state index contributed by atoms with van der Waals surface area (Å²) in [4.78, 5) is 8.64. The smallest absolute Gasteiger partial charge is 0.191 e. The van der Waals surface area contributed by atoms with Crippen LogP contribution in [0, 0.1) is 6.92 Å². The summed E-state index contributed by atoms with van der Waals surface area (Å²) < 4.78 is 7.71. The Morgan fingerprint density at radius 3 is 2.63 bits per heavy atom. The molecule has 1 aromatic heterocycles. The fourth-order valence-electron chi connectivity index (χ4n) is 2.81. The summed E-state index contributed by atoms with van der Waals surface area (Å²) in [6.07, 6.45) is 3.22. The topological polar surface area (TPSA) is 76.4 Å². The number of ether oxygens (including phenoxy) is 1. The Hall–Kier alpha value is -2.62. The zero-order valence-electron chi connectivity index (χ0n) is 17.6. The lowest BCUT2D eigenvalue weighted by Gasteiger charge is -2.18. The van der Waals surface area contributed by atoms with Crippen molar-refractivity contribution in [3.05, 3.63) is 72.3 Å². The number of hydrogen-bond acceptors (Lipinski definition) is 4. The molecular formula is C22H29IN6O. The van der Waals surface area contributed by atoms with Gasteiger partial charge in [-0.1, -0.05) is 24.3 Å². The summed E-state index contributed by atoms with van der Waals surface area (Å²) in [7, 11) is 0. The third-order valence-corrected chi connectivity index (χ3v) is 4.27. The number of nitrogens with one attached hydrogen (secondary N) is 2. The van der Waals surface area contributed by atoms with E-state index in [2.05, 4.69) is 45.6 Å². The molecule has 0 radical (unpaired) electrons. The molecule has 7 nitrogen and oxygen atoms in total. The molecule has 1 unspecified atom stereocenters. The van der Waals surface area contributed by atoms with Crippen molar-refractivity contribution in [3.63, 3.8) is 0 Å². The maximum atomic E-state index is 5.98. The van der Waals surface area contributed by atoms with Crippen LogP contribution in [0.5, 0.6) is 5.75 Å². The number of halogens is 1. The molecule has 3 rings (SSSR count). The molecule has 0 saturated carbocycles. The molecule has 0 amide bonds. The zero-order chi connectivity index (χ0) is 20.5. The first-order valence-corrected chi connectivity index (χ1v) is 9.83. The van der Waals surface area contributed by atoms with Crippen LogP contribution in [-0.4, -0.2) is 39.9 Å². The zero-order valence-corrected chi connectivity index (χ0v) is 19.9. The highest BCUT2D eigenvalue weighted by molar-refractivity contribution is 14.0. The van der Waals surface area contributed by atoms with Crippen LogP contribution in [0.15, 0.2) is 66.2 Å². The van der Waals surface area contributed by atoms with E-state index in [1.165, 1.54) is 11.9 Å². The number of aryl methyl sites for hydroxylation is 1. The lowest BCUT2D eigenvalue weighted by Crippen LogP contribution is -2.41. The second-order valence-corrected chi connectivity index (χ2v) is 6.83. The van der Waals surface area contributed by atoms with Gasteiger partial charge in [0.15, 0.2) is 5.96 Å². The number of benzene rings is 2. The molecule has 0 spiro atoms. The van der Waals surface area contributed by atoms with Crippen LogP contribution >= 0.6 is 24.0 Å². The predicted molar refractivity (Wildman–Crippen MR) is 131 cm³/mol. The Balaban J connectivity index is 0.00000320. The quantitative estimate of drug-likeness (QED) is 0.269. The van der Waals surface area contributed by atoms with E-state index in [1.54, 1.807) is 11.0 Å². The van der Waals surface area contributed by atoms with Crippen molar-refractivity contribution in [3.8, 4) is 11.4 Å². The van der Waals surface area contributed by atoms with Crippen molar-refractivity contribution in [2.24, 2.45) is 4.99 Å². The van der Waals surface area contributed by atoms with Crippen LogP contribution in [0.3, 0.4) is 0 Å². The molecular weight excluding hydrogens is 491 g/mol. The summed E-state index contributed by atoms with van der Waals surface area (Å²) >= 11 is 0. The molecule has 0 saturated heterocycles. The van der Waals surface area contributed by atoms with Gasteiger partial charge in [0.2, 0.25) is 0 Å². The molecule has 160 valence electrons. The molecule has 8 heteroatoms. The largest absolute Gasteiger partial charge is 0.489 e. The minimum absolute atomic E-state index is 0. The molecule has 0 fully saturated rings. The van der Waals surface area contributed by atoms with Crippen LogP contribution in [0.25, 0.3) is 5.69 Å². The highest BCUT2D eigenvalue weighted by Crippen LogP contribution is 2.14. The van der Waals surface area contributed by atoms with Gasteiger partial charge in [0.25, 0.3) is 0 Å². The molecule has 3 aromatic rings. The molecule has 0 bridgehead atoms. The molecule has 2 N–H and O–H groups in total. The minimum Gasteiger partial charge on any atom is -0.489 e. The molecule has 2 aromatic carbocycles. The normalized spacial score (nSPS) is 12.0. The van der Waals surface area contributed by atoms with Crippen molar-refractivity contribution >= 4 is 29.9 Å². The average Bonchev–Trinajstić information content (AvgIpc) is 3.25. The van der Waals surface area contributed by atoms with Crippen LogP contribution in [0.4, 0.5) is 0 Å². The van der Waals surface area contributed by atoms with Crippen LogP contribution in [0.1, 0.15) is 25.0 Å². The maximum Gasteiger partial charge on any atom is 0.191 e. The Morgan fingerprint density at radius 2 is 1.97 bits per heavy atom. The summed E-state index contributed by atoms with van der Waals surface area (Å²) in [6, 6.07) is 16.2. The van der Waals surface area contributed by atoms with Gasteiger partial charge in [0.1, 0.15) is 24.5 Å². The number of aromatic nitrogens is 3. The maximum absolute atomic E-state index is 5.98. The van der Waals surface area contributed by atoms with Crippen molar-refractivity contribution in [2.45, 2.75) is 33.4 Å². The summed E-state index contributed by atoms with van der Waals surface area (Å²) in [6.45, 7) is 8.19. The molecule has 0 aliphatic heterocycles. The number of hydrogen-bond donors (Lipinski definition) is 2. The van der Waals surface area contributed by atoms with Crippen molar-refractivity contribution in [1.82, 2.24) is 25.4 Å². The van der Waals surface area contributed by atoms with Gasteiger partial charge in [-0.15, -0.1) is 24.0 Å². The standard InChI is InChI=1S/C22H28N6O.HI/c1-4-24-22(25-13-18(3)29-21-7-5-6-17(2)12-21)26-14-19-8-10-20(11-9-19)28-16-23-15-27-28;/h5-12,15-16,18H,4,13-14H2,1-3H3,(H2,24,25,26);1H. The van der Waals surface area contributed by atoms with Gasteiger partial charge in [-0.25, -0.2) is 14.7 Å². The van der Waals surface area contributed by atoms with Crippen LogP contribution < -0.4 is 15.4 Å². The molecule has 0 aliphatic rings. The number of guanidine groups is 1.